The number of carbonyl (C=O) groups excluding carboxylic acids is 1. The van der Waals surface area contributed by atoms with Gasteiger partial charge in [0.05, 0.1) is 11.4 Å². The van der Waals surface area contributed by atoms with Crippen molar-refractivity contribution in [1.82, 2.24) is 15.1 Å². The largest absolute Gasteiger partial charge is 0.327 e. The number of anilines is 1. The molecular weight excluding hydrogens is 404 g/mol. The van der Waals surface area contributed by atoms with Crippen molar-refractivity contribution in [3.8, 4) is 16.9 Å². The lowest BCUT2D eigenvalue weighted by Gasteiger charge is -2.13. The molecule has 1 aliphatic heterocycles. The maximum atomic E-state index is 13.1. The van der Waals surface area contributed by atoms with E-state index in [-0.39, 0.29) is 5.91 Å². The molecule has 0 saturated carbocycles. The van der Waals surface area contributed by atoms with Gasteiger partial charge in [-0.15, -0.1) is 0 Å². The highest BCUT2D eigenvalue weighted by molar-refractivity contribution is 7.80. The van der Waals surface area contributed by atoms with Gasteiger partial charge in [0, 0.05) is 17.3 Å². The molecule has 0 bridgehead atoms. The van der Waals surface area contributed by atoms with Crippen molar-refractivity contribution < 1.29 is 4.79 Å². The van der Waals surface area contributed by atoms with E-state index < -0.39 is 0 Å². The maximum Gasteiger partial charge on any atom is 0.281 e. The first-order valence-electron chi connectivity index (χ1n) is 9.83. The van der Waals surface area contributed by atoms with E-state index >= 15 is 0 Å². The summed E-state index contributed by atoms with van der Waals surface area (Å²) in [5.41, 5.74) is 4.67. The van der Waals surface area contributed by atoms with E-state index in [1.54, 1.807) is 0 Å². The molecule has 0 spiro atoms. The highest BCUT2D eigenvalue weighted by Crippen LogP contribution is 2.28. The van der Waals surface area contributed by atoms with Crippen LogP contribution in [0.15, 0.2) is 103 Å². The topological polar surface area (TPSA) is 50.2 Å². The van der Waals surface area contributed by atoms with Crippen molar-refractivity contribution in [2.24, 2.45) is 0 Å². The van der Waals surface area contributed by atoms with Gasteiger partial charge in [-0.05, 0) is 42.6 Å². The fraction of sp³-hybridized carbons (Fsp3) is 0. The van der Waals surface area contributed by atoms with Crippen LogP contribution in [-0.2, 0) is 4.79 Å². The zero-order valence-electron chi connectivity index (χ0n) is 16.5. The molecule has 31 heavy (non-hydrogen) atoms. The Hall–Kier alpha value is -4.03. The zero-order valence-corrected chi connectivity index (χ0v) is 17.3. The molecule has 1 N–H and O–H groups in total. The summed E-state index contributed by atoms with van der Waals surface area (Å²) in [5.74, 6) is -0.192. The zero-order chi connectivity index (χ0) is 21.2. The van der Waals surface area contributed by atoms with Gasteiger partial charge in [0.2, 0.25) is 0 Å². The number of hydrogen-bond donors (Lipinski definition) is 1. The molecule has 5 nitrogen and oxygen atoms in total. The van der Waals surface area contributed by atoms with Crippen LogP contribution in [0, 0.1) is 0 Å². The lowest BCUT2D eigenvalue weighted by atomic mass is 10.1. The summed E-state index contributed by atoms with van der Waals surface area (Å²) >= 11 is 5.43. The van der Waals surface area contributed by atoms with Crippen LogP contribution in [-0.4, -0.2) is 20.8 Å². The monoisotopic (exact) mass is 422 g/mol. The second kappa shape index (κ2) is 8.01. The van der Waals surface area contributed by atoms with E-state index in [1.165, 1.54) is 4.90 Å². The van der Waals surface area contributed by atoms with Gasteiger partial charge >= 0.3 is 0 Å². The summed E-state index contributed by atoms with van der Waals surface area (Å²) in [6, 6.07) is 29.2. The molecule has 6 heteroatoms. The molecule has 0 radical (unpaired) electrons. The number of nitrogens with zero attached hydrogens (tertiary/aromatic N) is 3. The Kier molecular flexibility index (Phi) is 4.90. The molecule has 2 heterocycles. The van der Waals surface area contributed by atoms with Gasteiger partial charge < -0.3 is 5.32 Å². The number of benzene rings is 3. The maximum absolute atomic E-state index is 13.1. The normalized spacial score (nSPS) is 14.8. The van der Waals surface area contributed by atoms with Gasteiger partial charge in [-0.2, -0.15) is 5.10 Å². The third-order valence-electron chi connectivity index (χ3n) is 5.00. The van der Waals surface area contributed by atoms with Gasteiger partial charge in [0.15, 0.2) is 5.11 Å². The van der Waals surface area contributed by atoms with Gasteiger partial charge in [-0.25, -0.2) is 4.68 Å². The molecular formula is C25H18N4OS. The van der Waals surface area contributed by atoms with E-state index in [4.69, 9.17) is 17.3 Å². The summed E-state index contributed by atoms with van der Waals surface area (Å²) in [5, 5.41) is 8.22. The Morgan fingerprint density at radius 3 is 2.03 bits per heavy atom. The lowest BCUT2D eigenvalue weighted by molar-refractivity contribution is -0.113. The average molecular weight is 423 g/mol. The number of rotatable bonds is 4. The number of thiocarbonyl (C=S) groups is 1. The van der Waals surface area contributed by atoms with Crippen molar-refractivity contribution in [1.29, 1.82) is 0 Å². The Morgan fingerprint density at radius 1 is 0.806 bits per heavy atom. The molecule has 1 fully saturated rings. The molecule has 1 saturated heterocycles. The third kappa shape index (κ3) is 3.65. The van der Waals surface area contributed by atoms with Crippen LogP contribution in [0.3, 0.4) is 0 Å². The summed E-state index contributed by atoms with van der Waals surface area (Å²) < 4.78 is 1.82. The quantitative estimate of drug-likeness (QED) is 0.379. The van der Waals surface area contributed by atoms with E-state index in [2.05, 4.69) is 5.32 Å². The smallest absolute Gasteiger partial charge is 0.281 e. The molecule has 5 rings (SSSR count). The van der Waals surface area contributed by atoms with Crippen LogP contribution in [0.5, 0.6) is 0 Å². The van der Waals surface area contributed by atoms with Crippen molar-refractivity contribution in [3.63, 3.8) is 0 Å². The van der Waals surface area contributed by atoms with Crippen molar-refractivity contribution in [2.45, 2.75) is 0 Å². The number of carbonyl (C=O) groups is 1. The van der Waals surface area contributed by atoms with Crippen molar-refractivity contribution in [3.05, 3.63) is 108 Å². The second-order valence-electron chi connectivity index (χ2n) is 7.04. The van der Waals surface area contributed by atoms with Crippen LogP contribution in [0.25, 0.3) is 23.0 Å². The van der Waals surface area contributed by atoms with Gasteiger partial charge in [-0.1, -0.05) is 66.7 Å². The summed E-state index contributed by atoms with van der Waals surface area (Å²) in [6.07, 6.45) is 3.74. The standard InChI is InChI=1S/C25H18N4OS/c30-24-22(26-25(31)29(24)21-14-8-3-9-15-21)16-19-17-28(20-12-6-2-7-13-20)27-23(19)18-10-4-1-5-11-18/h1-17H,(H,26,31). The van der Waals surface area contributed by atoms with E-state index in [9.17, 15) is 4.79 Å². The fourth-order valence-corrected chi connectivity index (χ4v) is 3.83. The minimum atomic E-state index is -0.192. The Labute approximate surface area is 185 Å². The second-order valence-corrected chi connectivity index (χ2v) is 7.43. The number of amides is 1. The lowest BCUT2D eigenvalue weighted by Crippen LogP contribution is -2.30. The first-order chi connectivity index (χ1) is 15.2. The Balaban J connectivity index is 1.58. The van der Waals surface area contributed by atoms with Crippen molar-refractivity contribution in [2.75, 3.05) is 4.90 Å². The molecule has 0 aliphatic carbocycles. The molecule has 3 aromatic carbocycles. The molecule has 0 atom stereocenters. The fourth-order valence-electron chi connectivity index (χ4n) is 3.53. The van der Waals surface area contributed by atoms with Crippen LogP contribution in [0.2, 0.25) is 0 Å². The van der Waals surface area contributed by atoms with Crippen LogP contribution >= 0.6 is 12.2 Å². The van der Waals surface area contributed by atoms with Crippen LogP contribution < -0.4 is 10.2 Å². The highest BCUT2D eigenvalue weighted by atomic mass is 32.1. The number of hydrogen-bond acceptors (Lipinski definition) is 3. The molecule has 1 amide bonds. The first-order valence-corrected chi connectivity index (χ1v) is 10.2. The van der Waals surface area contributed by atoms with Gasteiger partial charge in [-0.3, -0.25) is 9.69 Å². The molecule has 1 aliphatic rings. The molecule has 1 aromatic heterocycles. The predicted molar refractivity (Wildman–Crippen MR) is 127 cm³/mol. The SMILES string of the molecule is O=C1C(=Cc2cn(-c3ccccc3)nc2-c2ccccc2)NC(=S)N1c1ccccc1. The van der Waals surface area contributed by atoms with E-state index in [0.29, 0.717) is 10.8 Å². The summed E-state index contributed by atoms with van der Waals surface area (Å²) in [6.45, 7) is 0. The Morgan fingerprint density at radius 2 is 1.39 bits per heavy atom. The minimum absolute atomic E-state index is 0.192. The summed E-state index contributed by atoms with van der Waals surface area (Å²) in [4.78, 5) is 14.6. The van der Waals surface area contributed by atoms with Crippen LogP contribution in [0.1, 0.15) is 5.56 Å². The van der Waals surface area contributed by atoms with Gasteiger partial charge in [0.25, 0.3) is 5.91 Å². The molecule has 0 unspecified atom stereocenters. The summed E-state index contributed by atoms with van der Waals surface area (Å²) in [7, 11) is 0. The van der Waals surface area contributed by atoms with Gasteiger partial charge in [0.1, 0.15) is 11.4 Å². The molecule has 150 valence electrons. The number of aromatic nitrogens is 2. The Bertz CT molecular complexity index is 1280. The first kappa shape index (κ1) is 19.0. The van der Waals surface area contributed by atoms with E-state index in [0.717, 1.165) is 28.2 Å². The minimum Gasteiger partial charge on any atom is -0.327 e. The average Bonchev–Trinajstić information content (AvgIpc) is 3.36. The predicted octanol–water partition coefficient (Wildman–Crippen LogP) is 4.80. The highest BCUT2D eigenvalue weighted by Gasteiger charge is 2.32. The van der Waals surface area contributed by atoms with E-state index in [1.807, 2.05) is 108 Å². The number of nitrogens with one attached hydrogen (secondary N) is 1. The third-order valence-corrected chi connectivity index (χ3v) is 5.29. The number of para-hydroxylation sites is 2. The van der Waals surface area contributed by atoms with Crippen molar-refractivity contribution >= 4 is 35.0 Å². The molecule has 4 aromatic rings. The van der Waals surface area contributed by atoms with Crippen LogP contribution in [0.4, 0.5) is 5.69 Å².